The molecule has 0 aliphatic rings. The molecule has 0 atom stereocenters. The third-order valence-electron chi connectivity index (χ3n) is 4.17. The van der Waals surface area contributed by atoms with Gasteiger partial charge in [0.15, 0.2) is 0 Å². The number of aryl methyl sites for hydroxylation is 1. The average Bonchev–Trinajstić information content (AvgIpc) is 2.69. The number of halogens is 2. The van der Waals surface area contributed by atoms with E-state index in [0.29, 0.717) is 5.02 Å². The summed E-state index contributed by atoms with van der Waals surface area (Å²) in [6, 6.07) is 17.9. The number of rotatable bonds is 6. The van der Waals surface area contributed by atoms with Crippen molar-refractivity contribution < 1.29 is 17.6 Å². The van der Waals surface area contributed by atoms with Gasteiger partial charge >= 0.3 is 0 Å². The van der Waals surface area contributed by atoms with Crippen LogP contribution < -0.4 is 9.62 Å². The van der Waals surface area contributed by atoms with Gasteiger partial charge in [-0.05, 0) is 55.0 Å². The molecule has 0 spiro atoms. The molecule has 8 heteroatoms. The Labute approximate surface area is 173 Å². The molecule has 0 aromatic heterocycles. The molecule has 29 heavy (non-hydrogen) atoms. The minimum absolute atomic E-state index is 0.0373. The molecule has 0 fully saturated rings. The van der Waals surface area contributed by atoms with Gasteiger partial charge in [-0.25, -0.2) is 12.8 Å². The first kappa shape index (κ1) is 20.8. The van der Waals surface area contributed by atoms with E-state index in [-0.39, 0.29) is 16.3 Å². The predicted molar refractivity (Wildman–Crippen MR) is 112 cm³/mol. The number of hydrogen-bond donors (Lipinski definition) is 1. The first-order chi connectivity index (χ1) is 13.8. The maximum Gasteiger partial charge on any atom is 0.264 e. The fourth-order valence-corrected chi connectivity index (χ4v) is 4.28. The molecule has 0 heterocycles. The number of amides is 1. The Bertz CT molecular complexity index is 1140. The van der Waals surface area contributed by atoms with E-state index in [1.165, 1.54) is 36.4 Å². The number of hydrogen-bond acceptors (Lipinski definition) is 3. The lowest BCUT2D eigenvalue weighted by Crippen LogP contribution is -2.38. The Balaban J connectivity index is 1.96. The predicted octanol–water partition coefficient (Wildman–Crippen LogP) is 4.62. The summed E-state index contributed by atoms with van der Waals surface area (Å²) in [7, 11) is -4.04. The van der Waals surface area contributed by atoms with E-state index in [4.69, 9.17) is 11.6 Å². The fourth-order valence-electron chi connectivity index (χ4n) is 2.67. The maximum absolute atomic E-state index is 13.4. The number of nitrogens with zero attached hydrogens (tertiary/aromatic N) is 1. The van der Waals surface area contributed by atoms with E-state index >= 15 is 0 Å². The van der Waals surface area contributed by atoms with Crippen LogP contribution in [0.3, 0.4) is 0 Å². The number of anilines is 2. The summed E-state index contributed by atoms with van der Waals surface area (Å²) < 4.78 is 40.8. The third kappa shape index (κ3) is 4.93. The van der Waals surface area contributed by atoms with Crippen LogP contribution in [0.5, 0.6) is 0 Å². The Morgan fingerprint density at radius 2 is 1.76 bits per heavy atom. The second-order valence-electron chi connectivity index (χ2n) is 6.32. The smallest absolute Gasteiger partial charge is 0.264 e. The first-order valence-corrected chi connectivity index (χ1v) is 10.5. The highest BCUT2D eigenvalue weighted by molar-refractivity contribution is 7.92. The van der Waals surface area contributed by atoms with Crippen molar-refractivity contribution in [3.05, 3.63) is 89.2 Å². The van der Waals surface area contributed by atoms with E-state index in [0.717, 1.165) is 15.9 Å². The number of carbonyl (C=O) groups is 1. The Morgan fingerprint density at radius 3 is 2.41 bits per heavy atom. The van der Waals surface area contributed by atoms with E-state index < -0.39 is 28.3 Å². The number of benzene rings is 3. The molecule has 0 aliphatic carbocycles. The first-order valence-electron chi connectivity index (χ1n) is 8.67. The second kappa shape index (κ2) is 8.63. The summed E-state index contributed by atoms with van der Waals surface area (Å²) in [6.07, 6.45) is 0. The molecule has 1 N–H and O–H groups in total. The second-order valence-corrected chi connectivity index (χ2v) is 8.59. The van der Waals surface area contributed by atoms with Gasteiger partial charge in [0.25, 0.3) is 10.0 Å². The topological polar surface area (TPSA) is 66.5 Å². The standard InChI is InChI=1S/C21H18ClFN2O3S/c1-15-10-11-18(13-20(15)22)25(29(27,28)19-8-3-2-4-9-19)14-21(26)24-17-7-5-6-16(23)12-17/h2-13H,14H2,1H3,(H,24,26). The minimum atomic E-state index is -4.04. The van der Waals surface area contributed by atoms with Crippen LogP contribution in [0, 0.1) is 12.7 Å². The Hall–Kier alpha value is -2.90. The van der Waals surface area contributed by atoms with E-state index in [1.54, 1.807) is 37.3 Å². The zero-order valence-corrected chi connectivity index (χ0v) is 17.0. The van der Waals surface area contributed by atoms with Gasteiger partial charge < -0.3 is 5.32 Å². The van der Waals surface area contributed by atoms with Crippen molar-refractivity contribution in [1.82, 2.24) is 0 Å². The molecule has 1 amide bonds. The zero-order valence-electron chi connectivity index (χ0n) is 15.5. The molecule has 5 nitrogen and oxygen atoms in total. The maximum atomic E-state index is 13.4. The molecule has 0 saturated carbocycles. The summed E-state index contributed by atoms with van der Waals surface area (Å²) in [4.78, 5) is 12.6. The highest BCUT2D eigenvalue weighted by Crippen LogP contribution is 2.28. The number of carbonyl (C=O) groups excluding carboxylic acids is 1. The quantitative estimate of drug-likeness (QED) is 0.618. The lowest BCUT2D eigenvalue weighted by Gasteiger charge is -2.24. The molecular weight excluding hydrogens is 415 g/mol. The molecule has 3 aromatic carbocycles. The van der Waals surface area contributed by atoms with Gasteiger partial charge in [0.2, 0.25) is 5.91 Å². The van der Waals surface area contributed by atoms with Crippen LogP contribution in [0.2, 0.25) is 5.02 Å². The molecule has 3 aromatic rings. The third-order valence-corrected chi connectivity index (χ3v) is 6.37. The fraction of sp³-hybridized carbons (Fsp3) is 0.0952. The van der Waals surface area contributed by atoms with Crippen LogP contribution in [0.4, 0.5) is 15.8 Å². The van der Waals surface area contributed by atoms with Gasteiger partial charge in [-0.2, -0.15) is 0 Å². The molecule has 3 rings (SSSR count). The van der Waals surface area contributed by atoms with Crippen LogP contribution >= 0.6 is 11.6 Å². The van der Waals surface area contributed by atoms with E-state index in [1.807, 2.05) is 0 Å². The largest absolute Gasteiger partial charge is 0.324 e. The van der Waals surface area contributed by atoms with Gasteiger partial charge in [0.05, 0.1) is 10.6 Å². The van der Waals surface area contributed by atoms with Gasteiger partial charge in [0, 0.05) is 10.7 Å². The van der Waals surface area contributed by atoms with Crippen molar-refractivity contribution in [2.75, 3.05) is 16.2 Å². The molecule has 150 valence electrons. The number of sulfonamides is 1. The summed E-state index contributed by atoms with van der Waals surface area (Å²) in [5.74, 6) is -1.13. The van der Waals surface area contributed by atoms with Crippen molar-refractivity contribution in [3.63, 3.8) is 0 Å². The van der Waals surface area contributed by atoms with Gasteiger partial charge in [-0.3, -0.25) is 9.10 Å². The SMILES string of the molecule is Cc1ccc(N(CC(=O)Nc2cccc(F)c2)S(=O)(=O)c2ccccc2)cc1Cl. The minimum Gasteiger partial charge on any atom is -0.324 e. The molecular formula is C21H18ClFN2O3S. The molecule has 0 bridgehead atoms. The van der Waals surface area contributed by atoms with E-state index in [2.05, 4.69) is 5.32 Å². The molecule has 0 saturated heterocycles. The van der Waals surface area contributed by atoms with Crippen LogP contribution in [0.25, 0.3) is 0 Å². The summed E-state index contributed by atoms with van der Waals surface area (Å²) in [5.41, 5.74) is 1.25. The van der Waals surface area contributed by atoms with Gasteiger partial charge in [-0.1, -0.05) is 41.9 Å². The molecule has 0 radical (unpaired) electrons. The van der Waals surface area contributed by atoms with Crippen LogP contribution in [0.15, 0.2) is 77.7 Å². The van der Waals surface area contributed by atoms with Crippen LogP contribution in [-0.2, 0) is 14.8 Å². The monoisotopic (exact) mass is 432 g/mol. The van der Waals surface area contributed by atoms with Crippen molar-refractivity contribution >= 4 is 38.9 Å². The summed E-state index contributed by atoms with van der Waals surface area (Å²) in [6.45, 7) is 1.28. The van der Waals surface area contributed by atoms with Crippen molar-refractivity contribution in [2.45, 2.75) is 11.8 Å². The highest BCUT2D eigenvalue weighted by atomic mass is 35.5. The normalized spacial score (nSPS) is 11.1. The Kier molecular flexibility index (Phi) is 6.20. The van der Waals surface area contributed by atoms with Crippen molar-refractivity contribution in [1.29, 1.82) is 0 Å². The highest BCUT2D eigenvalue weighted by Gasteiger charge is 2.27. The Morgan fingerprint density at radius 1 is 1.03 bits per heavy atom. The van der Waals surface area contributed by atoms with Crippen LogP contribution in [-0.4, -0.2) is 20.9 Å². The number of nitrogens with one attached hydrogen (secondary N) is 1. The lowest BCUT2D eigenvalue weighted by atomic mass is 10.2. The average molecular weight is 433 g/mol. The molecule has 0 unspecified atom stereocenters. The van der Waals surface area contributed by atoms with Crippen molar-refractivity contribution in [2.24, 2.45) is 0 Å². The zero-order chi connectivity index (χ0) is 21.0. The summed E-state index contributed by atoms with van der Waals surface area (Å²) >= 11 is 6.17. The molecule has 0 aliphatic heterocycles. The lowest BCUT2D eigenvalue weighted by molar-refractivity contribution is -0.114. The van der Waals surface area contributed by atoms with Crippen molar-refractivity contribution in [3.8, 4) is 0 Å². The van der Waals surface area contributed by atoms with Gasteiger partial charge in [-0.15, -0.1) is 0 Å². The van der Waals surface area contributed by atoms with Gasteiger partial charge in [0.1, 0.15) is 12.4 Å². The summed E-state index contributed by atoms with van der Waals surface area (Å²) in [5, 5.41) is 2.89. The van der Waals surface area contributed by atoms with E-state index in [9.17, 15) is 17.6 Å². The van der Waals surface area contributed by atoms with Crippen LogP contribution in [0.1, 0.15) is 5.56 Å².